The molecule has 0 aliphatic carbocycles. The summed E-state index contributed by atoms with van der Waals surface area (Å²) < 4.78 is 134. The fourth-order valence-corrected chi connectivity index (χ4v) is 4.39. The van der Waals surface area contributed by atoms with E-state index in [1.54, 1.807) is 5.43 Å². The number of nitrogens with zero attached hydrogens (tertiary/aromatic N) is 1. The number of alkyl halides is 9. The Kier molecular flexibility index (Phi) is 10.6. The van der Waals surface area contributed by atoms with Gasteiger partial charge in [0.1, 0.15) is 18.3 Å². The van der Waals surface area contributed by atoms with Gasteiger partial charge in [-0.2, -0.15) is 39.5 Å². The fourth-order valence-electron chi connectivity index (χ4n) is 3.06. The van der Waals surface area contributed by atoms with Gasteiger partial charge in [0.15, 0.2) is 0 Å². The van der Waals surface area contributed by atoms with E-state index in [9.17, 15) is 53.5 Å². The predicted octanol–water partition coefficient (Wildman–Crippen LogP) is 8.39. The van der Waals surface area contributed by atoms with Crippen LogP contribution in [0, 0.1) is 0 Å². The van der Waals surface area contributed by atoms with Gasteiger partial charge in [-0.25, -0.2) is 14.2 Å². The van der Waals surface area contributed by atoms with Crippen molar-refractivity contribution in [2.75, 3.05) is 13.6 Å². The number of nitrogens with one attached hydrogen (secondary N) is 2. The first kappa shape index (κ1) is 33.7. The van der Waals surface area contributed by atoms with Gasteiger partial charge in [0.05, 0.1) is 16.1 Å². The lowest BCUT2D eigenvalue weighted by Crippen LogP contribution is -2.50. The molecule has 0 aliphatic rings. The molecule has 40 heavy (non-hydrogen) atoms. The first-order valence-corrected chi connectivity index (χ1v) is 12.3. The number of carbonyl (C=O) groups excluding carboxylic acids is 2. The van der Waals surface area contributed by atoms with Crippen molar-refractivity contribution in [2.45, 2.75) is 24.4 Å². The number of hydrazine groups is 1. The number of hydrogen-bond acceptors (Lipinski definition) is 2. The van der Waals surface area contributed by atoms with Gasteiger partial charge in [-0.3, -0.25) is 10.2 Å². The monoisotopic (exact) mass is 735 g/mol. The summed E-state index contributed by atoms with van der Waals surface area (Å²) in [6, 6.07) is 1.46. The van der Waals surface area contributed by atoms with Crippen LogP contribution in [0.4, 0.5) is 48.7 Å². The number of rotatable bonds is 5. The van der Waals surface area contributed by atoms with Crippen molar-refractivity contribution in [1.82, 2.24) is 15.8 Å². The van der Waals surface area contributed by atoms with Gasteiger partial charge in [-0.15, -0.1) is 0 Å². The molecule has 1 unspecified atom stereocenters. The third-order valence-electron chi connectivity index (χ3n) is 4.89. The van der Waals surface area contributed by atoms with E-state index in [2.05, 4.69) is 31.9 Å². The maximum atomic E-state index is 15.0. The molecule has 2 rings (SSSR count). The van der Waals surface area contributed by atoms with Crippen molar-refractivity contribution in [3.05, 3.63) is 72.6 Å². The molecule has 2 N–H and O–H groups in total. The molecule has 18 heteroatoms. The minimum absolute atomic E-state index is 0.0151. The van der Waals surface area contributed by atoms with Crippen LogP contribution in [0.15, 0.2) is 45.4 Å². The zero-order chi connectivity index (χ0) is 30.8. The number of benzene rings is 2. The highest BCUT2D eigenvalue weighted by Gasteiger charge is 2.41. The minimum atomic E-state index is -5.34. The van der Waals surface area contributed by atoms with E-state index < -0.39 is 71.0 Å². The van der Waals surface area contributed by atoms with Crippen LogP contribution < -0.4 is 10.7 Å². The SMILES string of the molecule is CN(NC(=O)c1ccc(C(F)=CC(c2cc(Br)c(Cl)c(Br)c2)C(F)(F)F)cc1C(F)(F)F)C(=O)NCC(F)(F)F. The molecule has 220 valence electrons. The van der Waals surface area contributed by atoms with Crippen LogP contribution in [0.2, 0.25) is 5.02 Å². The van der Waals surface area contributed by atoms with Gasteiger partial charge in [-0.05, 0) is 67.8 Å². The van der Waals surface area contributed by atoms with E-state index in [0.29, 0.717) is 12.1 Å². The Morgan fingerprint density at radius 2 is 1.55 bits per heavy atom. The summed E-state index contributed by atoms with van der Waals surface area (Å²) in [5, 5.41) is 1.52. The van der Waals surface area contributed by atoms with Crippen LogP contribution in [-0.4, -0.2) is 42.9 Å². The van der Waals surface area contributed by atoms with Crippen molar-refractivity contribution in [3.63, 3.8) is 0 Å². The zero-order valence-electron chi connectivity index (χ0n) is 19.4. The largest absolute Gasteiger partial charge is 0.417 e. The van der Waals surface area contributed by atoms with E-state index in [1.807, 2.05) is 0 Å². The molecule has 0 fully saturated rings. The van der Waals surface area contributed by atoms with Gasteiger partial charge in [-0.1, -0.05) is 17.7 Å². The molecule has 1 atom stereocenters. The van der Waals surface area contributed by atoms with Crippen LogP contribution in [0.1, 0.15) is 33.0 Å². The second-order valence-corrected chi connectivity index (χ2v) is 9.95. The summed E-state index contributed by atoms with van der Waals surface area (Å²) in [5.74, 6) is -5.97. The van der Waals surface area contributed by atoms with E-state index in [0.717, 1.165) is 19.2 Å². The Bertz CT molecular complexity index is 1290. The molecule has 0 saturated carbocycles. The van der Waals surface area contributed by atoms with Gasteiger partial charge in [0.25, 0.3) is 5.91 Å². The van der Waals surface area contributed by atoms with Crippen molar-refractivity contribution in [3.8, 4) is 0 Å². The Hall–Kier alpha value is -2.53. The number of hydrogen-bond donors (Lipinski definition) is 2. The molecule has 0 aliphatic heterocycles. The van der Waals surface area contributed by atoms with Crippen LogP contribution in [0.3, 0.4) is 0 Å². The Morgan fingerprint density at radius 3 is 2.02 bits per heavy atom. The van der Waals surface area contributed by atoms with Crippen LogP contribution in [0.25, 0.3) is 5.83 Å². The number of halogens is 13. The number of urea groups is 1. The van der Waals surface area contributed by atoms with Crippen LogP contribution in [0.5, 0.6) is 0 Å². The van der Waals surface area contributed by atoms with Crippen molar-refractivity contribution < 1.29 is 53.5 Å². The minimum Gasteiger partial charge on any atom is -0.327 e. The number of allylic oxidation sites excluding steroid dienone is 1. The molecule has 5 nitrogen and oxygen atoms in total. The Labute approximate surface area is 240 Å². The molecular formula is C22H14Br2ClF10N3O2. The first-order chi connectivity index (χ1) is 18.1. The lowest BCUT2D eigenvalue weighted by atomic mass is 9.95. The highest BCUT2D eigenvalue weighted by atomic mass is 79.9. The Balaban J connectivity index is 2.45. The molecule has 2 aromatic carbocycles. The van der Waals surface area contributed by atoms with E-state index in [1.165, 1.54) is 5.32 Å². The van der Waals surface area contributed by atoms with Gasteiger partial charge in [0.2, 0.25) is 0 Å². The standard InChI is InChI=1S/C22H14Br2ClF10N3O2/c1-38(19(40)36-8-20(27,28)29)37-18(39)11-3-2-9(4-13(11)22(33,34)35)16(26)7-12(21(30,31)32)10-5-14(23)17(25)15(24)6-10/h2-7,12H,8H2,1H3,(H,36,40)(H,37,39). The first-order valence-electron chi connectivity index (χ1n) is 10.3. The van der Waals surface area contributed by atoms with Crippen molar-refractivity contribution in [1.29, 1.82) is 0 Å². The van der Waals surface area contributed by atoms with Crippen molar-refractivity contribution in [2.24, 2.45) is 0 Å². The zero-order valence-corrected chi connectivity index (χ0v) is 23.4. The van der Waals surface area contributed by atoms with Crippen LogP contribution >= 0.6 is 43.5 Å². The molecule has 3 amide bonds. The molecule has 0 saturated heterocycles. The third-order valence-corrected chi connectivity index (χ3v) is 7.00. The normalized spacial score (nSPS) is 13.6. The summed E-state index contributed by atoms with van der Waals surface area (Å²) >= 11 is 11.8. The summed E-state index contributed by atoms with van der Waals surface area (Å²) in [5.41, 5.74) is -2.85. The van der Waals surface area contributed by atoms with Crippen molar-refractivity contribution >= 4 is 61.2 Å². The molecule has 2 aromatic rings. The molecular weight excluding hydrogens is 724 g/mol. The Morgan fingerprint density at radius 1 is 1.00 bits per heavy atom. The average molecular weight is 738 g/mol. The maximum absolute atomic E-state index is 15.0. The molecule has 0 radical (unpaired) electrons. The molecule has 0 heterocycles. The second-order valence-electron chi connectivity index (χ2n) is 7.86. The maximum Gasteiger partial charge on any atom is 0.417 e. The molecule has 0 bridgehead atoms. The average Bonchev–Trinajstić information content (AvgIpc) is 2.81. The third kappa shape index (κ3) is 8.99. The number of carbonyl (C=O) groups is 2. The smallest absolute Gasteiger partial charge is 0.327 e. The van der Waals surface area contributed by atoms with Crippen LogP contribution in [-0.2, 0) is 6.18 Å². The van der Waals surface area contributed by atoms with E-state index >= 15 is 0 Å². The van der Waals surface area contributed by atoms with Gasteiger partial charge in [0, 0.05) is 21.6 Å². The predicted molar refractivity (Wildman–Crippen MR) is 131 cm³/mol. The lowest BCUT2D eigenvalue weighted by Gasteiger charge is -2.21. The van der Waals surface area contributed by atoms with Gasteiger partial charge >= 0.3 is 24.6 Å². The second kappa shape index (κ2) is 12.5. The summed E-state index contributed by atoms with van der Waals surface area (Å²) in [7, 11) is 0.735. The highest BCUT2D eigenvalue weighted by molar-refractivity contribution is 9.11. The molecule has 0 spiro atoms. The van der Waals surface area contributed by atoms with Gasteiger partial charge < -0.3 is 5.32 Å². The van der Waals surface area contributed by atoms with E-state index in [4.69, 9.17) is 11.6 Å². The highest BCUT2D eigenvalue weighted by Crippen LogP contribution is 2.43. The quantitative estimate of drug-likeness (QED) is 0.184. The number of amides is 3. The summed E-state index contributed by atoms with van der Waals surface area (Å²) in [6.07, 6.45) is -15.2. The lowest BCUT2D eigenvalue weighted by molar-refractivity contribution is -0.140. The molecule has 0 aromatic heterocycles. The summed E-state index contributed by atoms with van der Waals surface area (Å²) in [4.78, 5) is 24.0. The summed E-state index contributed by atoms with van der Waals surface area (Å²) in [6.45, 7) is -1.80. The van der Waals surface area contributed by atoms with E-state index in [-0.39, 0.29) is 31.1 Å². The fraction of sp³-hybridized carbons (Fsp3) is 0.273. The topological polar surface area (TPSA) is 61.4 Å².